The Bertz CT molecular complexity index is 465. The number of nitrogens with zero attached hydrogens (tertiary/aromatic N) is 2. The average molecular weight is 275 g/mol. The summed E-state index contributed by atoms with van der Waals surface area (Å²) in [6, 6.07) is 4.30. The van der Waals surface area contributed by atoms with E-state index >= 15 is 0 Å². The Hall–Kier alpha value is -1.21. The molecule has 0 fully saturated rings. The number of unbranched alkanes of at least 4 members (excludes halogenated alkanes) is 1. The Balaban J connectivity index is 2.01. The fraction of sp³-hybridized carbons (Fsp3) is 0.600. The lowest BCUT2D eigenvalue weighted by atomic mass is 9.95. The van der Waals surface area contributed by atoms with Gasteiger partial charge in [-0.1, -0.05) is 0 Å². The van der Waals surface area contributed by atoms with E-state index < -0.39 is 0 Å². The highest BCUT2D eigenvalue weighted by molar-refractivity contribution is 7.98. The van der Waals surface area contributed by atoms with Crippen molar-refractivity contribution in [3.05, 3.63) is 22.9 Å². The standard InChI is InChI=1S/C15H21N3S/c1-19-9-5-4-8-17-15-13(11-16)10-12-6-2-3-7-14(12)18-15/h10H,2-9H2,1H3,(H,17,18). The number of pyridine rings is 1. The number of aryl methyl sites for hydroxylation is 2. The van der Waals surface area contributed by atoms with Crippen molar-refractivity contribution < 1.29 is 0 Å². The van der Waals surface area contributed by atoms with Crippen molar-refractivity contribution in [2.45, 2.75) is 38.5 Å². The van der Waals surface area contributed by atoms with Gasteiger partial charge in [0.15, 0.2) is 0 Å². The van der Waals surface area contributed by atoms with Gasteiger partial charge in [0.05, 0.1) is 5.56 Å². The molecule has 1 heterocycles. The number of aromatic nitrogens is 1. The summed E-state index contributed by atoms with van der Waals surface area (Å²) in [6.07, 6.45) is 9.05. The molecule has 1 aromatic heterocycles. The number of nitrogens with one attached hydrogen (secondary N) is 1. The molecular formula is C15H21N3S. The first kappa shape index (κ1) is 14.2. The Morgan fingerprint density at radius 2 is 2.21 bits per heavy atom. The maximum absolute atomic E-state index is 9.23. The zero-order valence-corrected chi connectivity index (χ0v) is 12.4. The Morgan fingerprint density at radius 1 is 1.37 bits per heavy atom. The largest absolute Gasteiger partial charge is 0.369 e. The van der Waals surface area contributed by atoms with Crippen LogP contribution in [0.2, 0.25) is 0 Å². The van der Waals surface area contributed by atoms with E-state index in [0.717, 1.165) is 31.6 Å². The molecule has 0 bridgehead atoms. The molecule has 0 amide bonds. The molecule has 0 spiro atoms. The third-order valence-electron chi connectivity index (χ3n) is 3.49. The summed E-state index contributed by atoms with van der Waals surface area (Å²) in [5.41, 5.74) is 3.16. The maximum atomic E-state index is 9.23. The molecule has 0 atom stereocenters. The van der Waals surface area contributed by atoms with Gasteiger partial charge in [-0.05, 0) is 62.2 Å². The molecule has 3 nitrogen and oxygen atoms in total. The molecule has 0 saturated heterocycles. The highest BCUT2D eigenvalue weighted by Crippen LogP contribution is 2.24. The normalized spacial score (nSPS) is 13.7. The van der Waals surface area contributed by atoms with Gasteiger partial charge in [-0.25, -0.2) is 4.98 Å². The number of fused-ring (bicyclic) bond motifs is 1. The predicted molar refractivity (Wildman–Crippen MR) is 81.7 cm³/mol. The minimum Gasteiger partial charge on any atom is -0.369 e. The van der Waals surface area contributed by atoms with E-state index in [1.54, 1.807) is 0 Å². The minimum atomic E-state index is 0.700. The number of hydrogen-bond donors (Lipinski definition) is 1. The molecule has 0 aromatic carbocycles. The smallest absolute Gasteiger partial charge is 0.144 e. The molecule has 0 unspecified atom stereocenters. The van der Waals surface area contributed by atoms with Gasteiger partial charge >= 0.3 is 0 Å². The van der Waals surface area contributed by atoms with Crippen LogP contribution in [0.5, 0.6) is 0 Å². The van der Waals surface area contributed by atoms with Gasteiger partial charge in [-0.2, -0.15) is 17.0 Å². The third kappa shape index (κ3) is 3.87. The summed E-state index contributed by atoms with van der Waals surface area (Å²) in [7, 11) is 0. The van der Waals surface area contributed by atoms with Crippen molar-refractivity contribution in [2.24, 2.45) is 0 Å². The van der Waals surface area contributed by atoms with E-state index in [1.165, 1.54) is 36.3 Å². The highest BCUT2D eigenvalue weighted by Gasteiger charge is 2.14. The molecule has 102 valence electrons. The van der Waals surface area contributed by atoms with Crippen LogP contribution in [-0.2, 0) is 12.8 Å². The van der Waals surface area contributed by atoms with Gasteiger partial charge in [-0.3, -0.25) is 0 Å². The number of anilines is 1. The molecular weight excluding hydrogens is 254 g/mol. The second-order valence-corrected chi connectivity index (χ2v) is 5.92. The summed E-state index contributed by atoms with van der Waals surface area (Å²) >= 11 is 1.88. The van der Waals surface area contributed by atoms with Crippen molar-refractivity contribution in [2.75, 3.05) is 23.9 Å². The molecule has 1 aliphatic carbocycles. The van der Waals surface area contributed by atoms with Crippen LogP contribution in [0.4, 0.5) is 5.82 Å². The van der Waals surface area contributed by atoms with Gasteiger partial charge in [-0.15, -0.1) is 0 Å². The molecule has 1 aliphatic rings. The second-order valence-electron chi connectivity index (χ2n) is 4.94. The van der Waals surface area contributed by atoms with Crippen LogP contribution < -0.4 is 5.32 Å². The Kier molecular flexibility index (Phi) is 5.53. The SMILES string of the molecule is CSCCCCNc1nc2c(cc1C#N)CCCC2. The van der Waals surface area contributed by atoms with Gasteiger partial charge < -0.3 is 5.32 Å². The second kappa shape index (κ2) is 7.40. The lowest BCUT2D eigenvalue weighted by Gasteiger charge is -2.17. The van der Waals surface area contributed by atoms with Crippen molar-refractivity contribution >= 4 is 17.6 Å². The van der Waals surface area contributed by atoms with Gasteiger partial charge in [0.2, 0.25) is 0 Å². The van der Waals surface area contributed by atoms with Crippen molar-refractivity contribution in [1.29, 1.82) is 5.26 Å². The molecule has 0 aliphatic heterocycles. The monoisotopic (exact) mass is 275 g/mol. The lowest BCUT2D eigenvalue weighted by Crippen LogP contribution is -2.11. The van der Waals surface area contributed by atoms with Crippen molar-refractivity contribution in [3.8, 4) is 6.07 Å². The van der Waals surface area contributed by atoms with Crippen LogP contribution in [-0.4, -0.2) is 23.5 Å². The minimum absolute atomic E-state index is 0.700. The van der Waals surface area contributed by atoms with Gasteiger partial charge in [0.1, 0.15) is 11.9 Å². The molecule has 2 rings (SSSR count). The van der Waals surface area contributed by atoms with E-state index in [-0.39, 0.29) is 0 Å². The summed E-state index contributed by atoms with van der Waals surface area (Å²) in [4.78, 5) is 4.66. The van der Waals surface area contributed by atoms with Gasteiger partial charge in [0, 0.05) is 12.2 Å². The molecule has 0 radical (unpaired) electrons. The van der Waals surface area contributed by atoms with E-state index in [4.69, 9.17) is 0 Å². The number of nitriles is 1. The number of rotatable bonds is 6. The van der Waals surface area contributed by atoms with Crippen LogP contribution in [0.1, 0.15) is 42.5 Å². The first-order valence-corrected chi connectivity index (χ1v) is 8.40. The van der Waals surface area contributed by atoms with Crippen LogP contribution in [0.25, 0.3) is 0 Å². The van der Waals surface area contributed by atoms with Crippen molar-refractivity contribution in [1.82, 2.24) is 4.98 Å². The fourth-order valence-corrected chi connectivity index (χ4v) is 2.92. The average Bonchev–Trinajstić information content (AvgIpc) is 2.46. The summed E-state index contributed by atoms with van der Waals surface area (Å²) < 4.78 is 0. The van der Waals surface area contributed by atoms with Crippen LogP contribution in [0, 0.1) is 11.3 Å². The Morgan fingerprint density at radius 3 is 3.00 bits per heavy atom. The molecule has 19 heavy (non-hydrogen) atoms. The molecule has 4 heteroatoms. The van der Waals surface area contributed by atoms with E-state index in [0.29, 0.717) is 5.56 Å². The van der Waals surface area contributed by atoms with E-state index in [1.807, 2.05) is 17.8 Å². The van der Waals surface area contributed by atoms with E-state index in [9.17, 15) is 5.26 Å². The predicted octanol–water partition coefficient (Wildman–Crippen LogP) is 3.39. The van der Waals surface area contributed by atoms with Gasteiger partial charge in [0.25, 0.3) is 0 Å². The number of thioether (sulfide) groups is 1. The quantitative estimate of drug-likeness (QED) is 0.809. The Labute approximate surface area is 119 Å². The zero-order chi connectivity index (χ0) is 13.5. The zero-order valence-electron chi connectivity index (χ0n) is 11.5. The first-order valence-electron chi connectivity index (χ1n) is 7.01. The third-order valence-corrected chi connectivity index (χ3v) is 4.19. The first-order chi connectivity index (χ1) is 9.35. The molecule has 0 saturated carbocycles. The van der Waals surface area contributed by atoms with Crippen LogP contribution >= 0.6 is 11.8 Å². The summed E-state index contributed by atoms with van der Waals surface area (Å²) in [5, 5.41) is 12.6. The van der Waals surface area contributed by atoms with E-state index in [2.05, 4.69) is 22.6 Å². The van der Waals surface area contributed by atoms with Crippen molar-refractivity contribution in [3.63, 3.8) is 0 Å². The summed E-state index contributed by atoms with van der Waals surface area (Å²) in [6.45, 7) is 0.904. The van der Waals surface area contributed by atoms with Crippen LogP contribution in [0.15, 0.2) is 6.07 Å². The lowest BCUT2D eigenvalue weighted by molar-refractivity contribution is 0.667. The topological polar surface area (TPSA) is 48.7 Å². The maximum Gasteiger partial charge on any atom is 0.144 e. The molecule has 1 aromatic rings. The highest BCUT2D eigenvalue weighted by atomic mass is 32.2. The fourth-order valence-electron chi connectivity index (χ4n) is 2.43. The molecule has 1 N–H and O–H groups in total. The number of hydrogen-bond acceptors (Lipinski definition) is 4. The van der Waals surface area contributed by atoms with Crippen LogP contribution in [0.3, 0.4) is 0 Å². The summed E-state index contributed by atoms with van der Waals surface area (Å²) in [5.74, 6) is 1.98.